The molecule has 0 aliphatic carbocycles. The van der Waals surface area contributed by atoms with Gasteiger partial charge in [0.05, 0.1) is 17.1 Å². The van der Waals surface area contributed by atoms with Crippen LogP contribution in [0.25, 0.3) is 10.9 Å². The summed E-state index contributed by atoms with van der Waals surface area (Å²) in [4.78, 5) is 9.67. The summed E-state index contributed by atoms with van der Waals surface area (Å²) in [6.45, 7) is 6.36. The normalized spacial score (nSPS) is 22.4. The van der Waals surface area contributed by atoms with Gasteiger partial charge in [-0.15, -0.1) is 0 Å². The third kappa shape index (κ3) is 2.76. The molecule has 2 aliphatic heterocycles. The maximum absolute atomic E-state index is 9.43. The van der Waals surface area contributed by atoms with Crippen LogP contribution in [-0.2, 0) is 0 Å². The average Bonchev–Trinajstić information content (AvgIpc) is 3.15. The number of pyridine rings is 1. The second-order valence-corrected chi connectivity index (χ2v) is 6.33. The van der Waals surface area contributed by atoms with Crippen molar-refractivity contribution in [2.45, 2.75) is 12.5 Å². The summed E-state index contributed by atoms with van der Waals surface area (Å²) in [5.41, 5.74) is 1.62. The molecule has 3 heterocycles. The first-order valence-electron chi connectivity index (χ1n) is 8.35. The average molecular weight is 307 g/mol. The minimum absolute atomic E-state index is 0.691. The lowest BCUT2D eigenvalue weighted by Gasteiger charge is -2.38. The molecule has 1 unspecified atom stereocenters. The SMILES string of the molecule is N#Cc1cc(N2CCN(C3CCNC3)CC2)nc2ccccc12. The Hall–Kier alpha value is -2.16. The van der Waals surface area contributed by atoms with Gasteiger partial charge in [-0.2, -0.15) is 5.26 Å². The molecule has 1 atom stereocenters. The molecule has 0 radical (unpaired) electrons. The Labute approximate surface area is 136 Å². The molecule has 5 heteroatoms. The number of piperazine rings is 1. The molecule has 0 saturated carbocycles. The predicted octanol–water partition coefficient (Wildman–Crippen LogP) is 1.59. The first-order chi connectivity index (χ1) is 11.3. The number of nitrogens with one attached hydrogen (secondary N) is 1. The maximum atomic E-state index is 9.43. The van der Waals surface area contributed by atoms with E-state index in [1.54, 1.807) is 0 Å². The molecule has 23 heavy (non-hydrogen) atoms. The third-order valence-electron chi connectivity index (χ3n) is 5.01. The molecule has 118 valence electrons. The number of nitrogens with zero attached hydrogens (tertiary/aromatic N) is 4. The Kier molecular flexibility index (Phi) is 3.86. The second kappa shape index (κ2) is 6.15. The van der Waals surface area contributed by atoms with Gasteiger partial charge in [0.25, 0.3) is 0 Å². The van der Waals surface area contributed by atoms with Gasteiger partial charge in [0.2, 0.25) is 0 Å². The highest BCUT2D eigenvalue weighted by Gasteiger charge is 2.26. The van der Waals surface area contributed by atoms with Crippen LogP contribution >= 0.6 is 0 Å². The standard InChI is InChI=1S/C18H21N5/c19-12-14-11-18(21-17-4-2-1-3-16(14)17)23-9-7-22(8-10-23)15-5-6-20-13-15/h1-4,11,15,20H,5-10,13H2. The van der Waals surface area contributed by atoms with Crippen LogP contribution in [0.1, 0.15) is 12.0 Å². The van der Waals surface area contributed by atoms with Crippen molar-refractivity contribution in [1.82, 2.24) is 15.2 Å². The number of anilines is 1. The highest BCUT2D eigenvalue weighted by atomic mass is 15.3. The van der Waals surface area contributed by atoms with Gasteiger partial charge in [0.15, 0.2) is 0 Å². The van der Waals surface area contributed by atoms with Gasteiger partial charge in [0, 0.05) is 44.2 Å². The topological polar surface area (TPSA) is 55.2 Å². The lowest BCUT2D eigenvalue weighted by Crippen LogP contribution is -2.51. The highest BCUT2D eigenvalue weighted by molar-refractivity contribution is 5.86. The van der Waals surface area contributed by atoms with Crippen molar-refractivity contribution in [3.63, 3.8) is 0 Å². The Morgan fingerprint density at radius 2 is 2.00 bits per heavy atom. The molecule has 1 N–H and O–H groups in total. The first-order valence-corrected chi connectivity index (χ1v) is 8.35. The largest absolute Gasteiger partial charge is 0.354 e. The van der Waals surface area contributed by atoms with Crippen LogP contribution in [0.4, 0.5) is 5.82 Å². The molecule has 5 nitrogen and oxygen atoms in total. The molecule has 4 rings (SSSR count). The minimum Gasteiger partial charge on any atom is -0.354 e. The number of nitriles is 1. The summed E-state index contributed by atoms with van der Waals surface area (Å²) in [6, 6.07) is 12.8. The van der Waals surface area contributed by atoms with Crippen molar-refractivity contribution in [2.24, 2.45) is 0 Å². The van der Waals surface area contributed by atoms with E-state index in [0.29, 0.717) is 11.6 Å². The Bertz CT molecular complexity index is 737. The Balaban J connectivity index is 1.55. The molecule has 2 fully saturated rings. The van der Waals surface area contributed by atoms with Gasteiger partial charge in [0.1, 0.15) is 5.82 Å². The number of hydrogen-bond donors (Lipinski definition) is 1. The zero-order valence-corrected chi connectivity index (χ0v) is 13.2. The Morgan fingerprint density at radius 1 is 1.17 bits per heavy atom. The number of rotatable bonds is 2. The van der Waals surface area contributed by atoms with E-state index in [-0.39, 0.29) is 0 Å². The van der Waals surface area contributed by atoms with E-state index in [0.717, 1.165) is 56.0 Å². The molecule has 0 spiro atoms. The summed E-state index contributed by atoms with van der Waals surface area (Å²) in [5.74, 6) is 0.935. The minimum atomic E-state index is 0.691. The number of para-hydroxylation sites is 1. The van der Waals surface area contributed by atoms with Crippen LogP contribution in [0, 0.1) is 11.3 Å². The van der Waals surface area contributed by atoms with Gasteiger partial charge in [-0.3, -0.25) is 4.90 Å². The predicted molar refractivity (Wildman–Crippen MR) is 91.5 cm³/mol. The summed E-state index contributed by atoms with van der Waals surface area (Å²) in [6.07, 6.45) is 1.26. The summed E-state index contributed by atoms with van der Waals surface area (Å²) in [5, 5.41) is 13.8. The van der Waals surface area contributed by atoms with Crippen LogP contribution in [0.2, 0.25) is 0 Å². The van der Waals surface area contributed by atoms with E-state index in [2.05, 4.69) is 21.2 Å². The van der Waals surface area contributed by atoms with E-state index in [1.807, 2.05) is 30.3 Å². The molecule has 1 aromatic carbocycles. The van der Waals surface area contributed by atoms with Crippen LogP contribution in [0.15, 0.2) is 30.3 Å². The molecule has 2 aromatic rings. The van der Waals surface area contributed by atoms with E-state index in [9.17, 15) is 5.26 Å². The van der Waals surface area contributed by atoms with Crippen molar-refractivity contribution in [3.05, 3.63) is 35.9 Å². The molecule has 2 saturated heterocycles. The fourth-order valence-electron chi connectivity index (χ4n) is 3.68. The van der Waals surface area contributed by atoms with Crippen molar-refractivity contribution in [1.29, 1.82) is 5.26 Å². The number of hydrogen-bond acceptors (Lipinski definition) is 5. The zero-order chi connectivity index (χ0) is 15.6. The lowest BCUT2D eigenvalue weighted by molar-refractivity contribution is 0.196. The summed E-state index contributed by atoms with van der Waals surface area (Å²) < 4.78 is 0. The van der Waals surface area contributed by atoms with Crippen LogP contribution in [0.5, 0.6) is 0 Å². The summed E-state index contributed by atoms with van der Waals surface area (Å²) in [7, 11) is 0. The van der Waals surface area contributed by atoms with Crippen molar-refractivity contribution in [2.75, 3.05) is 44.2 Å². The molecule has 0 amide bonds. The number of benzene rings is 1. The first kappa shape index (κ1) is 14.4. The van der Waals surface area contributed by atoms with Gasteiger partial charge in [-0.05, 0) is 25.1 Å². The lowest BCUT2D eigenvalue weighted by atomic mass is 10.1. The van der Waals surface area contributed by atoms with Crippen LogP contribution < -0.4 is 10.2 Å². The third-order valence-corrected chi connectivity index (χ3v) is 5.01. The summed E-state index contributed by atoms with van der Waals surface area (Å²) >= 11 is 0. The van der Waals surface area contributed by atoms with E-state index in [1.165, 1.54) is 6.42 Å². The van der Waals surface area contributed by atoms with Crippen LogP contribution in [0.3, 0.4) is 0 Å². The van der Waals surface area contributed by atoms with Crippen LogP contribution in [-0.4, -0.2) is 55.2 Å². The monoisotopic (exact) mass is 307 g/mol. The maximum Gasteiger partial charge on any atom is 0.130 e. The number of aromatic nitrogens is 1. The van der Waals surface area contributed by atoms with Gasteiger partial charge in [-0.1, -0.05) is 18.2 Å². The van der Waals surface area contributed by atoms with Crippen molar-refractivity contribution in [3.8, 4) is 6.07 Å². The second-order valence-electron chi connectivity index (χ2n) is 6.33. The van der Waals surface area contributed by atoms with E-state index < -0.39 is 0 Å². The molecule has 0 bridgehead atoms. The van der Waals surface area contributed by atoms with Gasteiger partial charge in [-0.25, -0.2) is 4.98 Å². The van der Waals surface area contributed by atoms with Crippen molar-refractivity contribution >= 4 is 16.7 Å². The Morgan fingerprint density at radius 3 is 2.74 bits per heavy atom. The highest BCUT2D eigenvalue weighted by Crippen LogP contribution is 2.24. The zero-order valence-electron chi connectivity index (χ0n) is 13.2. The van der Waals surface area contributed by atoms with Gasteiger partial charge < -0.3 is 10.2 Å². The molecular weight excluding hydrogens is 286 g/mol. The van der Waals surface area contributed by atoms with E-state index in [4.69, 9.17) is 4.98 Å². The fourth-order valence-corrected chi connectivity index (χ4v) is 3.68. The molecule has 1 aromatic heterocycles. The van der Waals surface area contributed by atoms with Gasteiger partial charge >= 0.3 is 0 Å². The fraction of sp³-hybridized carbons (Fsp3) is 0.444. The molecule has 2 aliphatic rings. The molecular formula is C18H21N5. The number of fused-ring (bicyclic) bond motifs is 1. The quantitative estimate of drug-likeness (QED) is 0.913. The smallest absolute Gasteiger partial charge is 0.130 e. The van der Waals surface area contributed by atoms with E-state index >= 15 is 0 Å². The van der Waals surface area contributed by atoms with Crippen molar-refractivity contribution < 1.29 is 0 Å².